The highest BCUT2D eigenvalue weighted by Gasteiger charge is 2.11. The van der Waals surface area contributed by atoms with Crippen molar-refractivity contribution < 1.29 is 0 Å². The van der Waals surface area contributed by atoms with Crippen LogP contribution in [0.25, 0.3) is 0 Å². The van der Waals surface area contributed by atoms with Gasteiger partial charge in [0.05, 0.1) is 0 Å². The van der Waals surface area contributed by atoms with Crippen LogP contribution >= 0.6 is 0 Å². The molecule has 1 nitrogen and oxygen atoms in total. The smallest absolute Gasteiger partial charge is 0.0307 e. The highest BCUT2D eigenvalue weighted by Crippen LogP contribution is 2.13. The van der Waals surface area contributed by atoms with Gasteiger partial charge in [-0.1, -0.05) is 31.4 Å². The first-order valence-corrected chi connectivity index (χ1v) is 5.16. The Bertz CT molecular complexity index is 147. The molecule has 13 heavy (non-hydrogen) atoms. The summed E-state index contributed by atoms with van der Waals surface area (Å²) in [6.07, 6.45) is 11.0. The molecule has 0 radical (unpaired) electrons. The van der Waals surface area contributed by atoms with E-state index in [1.165, 1.54) is 25.7 Å². The van der Waals surface area contributed by atoms with Gasteiger partial charge in [-0.15, -0.1) is 13.2 Å². The molecule has 0 aliphatic heterocycles. The molecule has 0 saturated heterocycles. The molecule has 0 spiro atoms. The van der Waals surface area contributed by atoms with Crippen LogP contribution in [0.1, 0.15) is 45.4 Å². The Morgan fingerprint density at radius 3 is 2.31 bits per heavy atom. The van der Waals surface area contributed by atoms with Gasteiger partial charge >= 0.3 is 0 Å². The van der Waals surface area contributed by atoms with Crippen molar-refractivity contribution >= 4 is 0 Å². The summed E-state index contributed by atoms with van der Waals surface area (Å²) in [7, 11) is 0. The average molecular weight is 181 g/mol. The summed E-state index contributed by atoms with van der Waals surface area (Å²) < 4.78 is 0. The molecular weight excluding hydrogens is 158 g/mol. The zero-order chi connectivity index (χ0) is 10.2. The fourth-order valence-corrected chi connectivity index (χ4v) is 1.25. The largest absolute Gasteiger partial charge is 0.322 e. The van der Waals surface area contributed by atoms with E-state index >= 15 is 0 Å². The van der Waals surface area contributed by atoms with E-state index < -0.39 is 0 Å². The van der Waals surface area contributed by atoms with Crippen molar-refractivity contribution in [2.24, 2.45) is 5.73 Å². The summed E-state index contributed by atoms with van der Waals surface area (Å²) in [5.74, 6) is 0. The molecule has 0 bridgehead atoms. The molecule has 0 aromatic carbocycles. The van der Waals surface area contributed by atoms with Gasteiger partial charge in [0.25, 0.3) is 0 Å². The van der Waals surface area contributed by atoms with E-state index in [-0.39, 0.29) is 5.54 Å². The Kier molecular flexibility index (Phi) is 6.61. The molecule has 0 aromatic heterocycles. The van der Waals surface area contributed by atoms with Gasteiger partial charge in [0.1, 0.15) is 0 Å². The van der Waals surface area contributed by atoms with Crippen molar-refractivity contribution in [3.05, 3.63) is 25.3 Å². The molecule has 0 amide bonds. The van der Waals surface area contributed by atoms with E-state index in [0.29, 0.717) is 0 Å². The maximum Gasteiger partial charge on any atom is 0.0307 e. The summed E-state index contributed by atoms with van der Waals surface area (Å²) in [5, 5.41) is 0. The van der Waals surface area contributed by atoms with Crippen LogP contribution < -0.4 is 5.73 Å². The first-order chi connectivity index (χ1) is 6.12. The van der Waals surface area contributed by atoms with Gasteiger partial charge in [-0.3, -0.25) is 0 Å². The molecule has 2 N–H and O–H groups in total. The number of rotatable bonds is 8. The van der Waals surface area contributed by atoms with Gasteiger partial charge in [-0.05, 0) is 26.2 Å². The molecule has 0 aliphatic rings. The van der Waals surface area contributed by atoms with Crippen LogP contribution in [0.3, 0.4) is 0 Å². The van der Waals surface area contributed by atoms with Crippen LogP contribution in [0.5, 0.6) is 0 Å². The minimum absolute atomic E-state index is 0.168. The van der Waals surface area contributed by atoms with E-state index in [2.05, 4.69) is 13.2 Å². The highest BCUT2D eigenvalue weighted by molar-refractivity contribution is 4.95. The zero-order valence-electron chi connectivity index (χ0n) is 8.89. The zero-order valence-corrected chi connectivity index (χ0v) is 8.89. The van der Waals surface area contributed by atoms with Crippen molar-refractivity contribution in [2.45, 2.75) is 51.0 Å². The first-order valence-electron chi connectivity index (χ1n) is 5.16. The Hall–Kier alpha value is -0.560. The van der Waals surface area contributed by atoms with Crippen LogP contribution in [-0.2, 0) is 0 Å². The second kappa shape index (κ2) is 6.90. The quantitative estimate of drug-likeness (QED) is 0.450. The fourth-order valence-electron chi connectivity index (χ4n) is 1.25. The van der Waals surface area contributed by atoms with Crippen molar-refractivity contribution in [1.82, 2.24) is 0 Å². The van der Waals surface area contributed by atoms with Gasteiger partial charge in [0.2, 0.25) is 0 Å². The van der Waals surface area contributed by atoms with Crippen LogP contribution in [-0.4, -0.2) is 5.54 Å². The fraction of sp³-hybridized carbons (Fsp3) is 0.667. The normalized spacial score (nSPS) is 14.9. The SMILES string of the molecule is C=CCCCCCC[C@](C)(N)C=C. The maximum atomic E-state index is 5.92. The lowest BCUT2D eigenvalue weighted by Gasteiger charge is -2.19. The standard InChI is InChI=1S/C12H23N/c1-4-6-7-8-9-10-11-12(3,13)5-2/h4-5H,1-2,6-11,13H2,3H3/t12-/m1/s1. The average Bonchev–Trinajstić information content (AvgIpc) is 2.11. The van der Waals surface area contributed by atoms with Crippen molar-refractivity contribution in [3.8, 4) is 0 Å². The molecule has 1 atom stereocenters. The molecule has 0 aromatic rings. The predicted molar refractivity (Wildman–Crippen MR) is 60.7 cm³/mol. The molecule has 0 unspecified atom stereocenters. The summed E-state index contributed by atoms with van der Waals surface area (Å²) >= 11 is 0. The second-order valence-corrected chi connectivity index (χ2v) is 3.95. The summed E-state index contributed by atoms with van der Waals surface area (Å²) in [6, 6.07) is 0. The van der Waals surface area contributed by atoms with Gasteiger partial charge < -0.3 is 5.73 Å². The lowest BCUT2D eigenvalue weighted by molar-refractivity contribution is 0.488. The minimum atomic E-state index is -0.168. The third-order valence-electron chi connectivity index (χ3n) is 2.34. The van der Waals surface area contributed by atoms with E-state index in [1.54, 1.807) is 0 Å². The molecule has 76 valence electrons. The van der Waals surface area contributed by atoms with Crippen molar-refractivity contribution in [2.75, 3.05) is 0 Å². The monoisotopic (exact) mass is 181 g/mol. The third kappa shape index (κ3) is 7.79. The number of hydrogen-bond acceptors (Lipinski definition) is 1. The van der Waals surface area contributed by atoms with Crippen LogP contribution in [0.2, 0.25) is 0 Å². The maximum absolute atomic E-state index is 5.92. The van der Waals surface area contributed by atoms with Gasteiger partial charge in [0, 0.05) is 5.54 Å². The number of hydrogen-bond donors (Lipinski definition) is 1. The van der Waals surface area contributed by atoms with Crippen LogP contribution in [0.15, 0.2) is 25.3 Å². The summed E-state index contributed by atoms with van der Waals surface area (Å²) in [6.45, 7) is 9.45. The molecule has 1 heteroatoms. The van der Waals surface area contributed by atoms with E-state index in [0.717, 1.165) is 12.8 Å². The second-order valence-electron chi connectivity index (χ2n) is 3.95. The third-order valence-corrected chi connectivity index (χ3v) is 2.34. The highest BCUT2D eigenvalue weighted by atomic mass is 14.7. The van der Waals surface area contributed by atoms with Gasteiger partial charge in [-0.25, -0.2) is 0 Å². The van der Waals surface area contributed by atoms with Crippen molar-refractivity contribution in [3.63, 3.8) is 0 Å². The lowest BCUT2D eigenvalue weighted by atomic mass is 9.95. The number of nitrogens with two attached hydrogens (primary N) is 1. The van der Waals surface area contributed by atoms with Gasteiger partial charge in [0.15, 0.2) is 0 Å². The van der Waals surface area contributed by atoms with E-state index in [1.807, 2.05) is 19.1 Å². The molecule has 0 fully saturated rings. The molecule has 0 aliphatic carbocycles. The lowest BCUT2D eigenvalue weighted by Crippen LogP contribution is -2.32. The Labute approximate surface area is 82.7 Å². The van der Waals surface area contributed by atoms with E-state index in [4.69, 9.17) is 5.73 Å². The molecule has 0 rings (SSSR count). The Morgan fingerprint density at radius 1 is 1.15 bits per heavy atom. The molecular formula is C12H23N. The van der Waals surface area contributed by atoms with Gasteiger partial charge in [-0.2, -0.15) is 0 Å². The number of allylic oxidation sites excluding steroid dienone is 1. The minimum Gasteiger partial charge on any atom is -0.322 e. The van der Waals surface area contributed by atoms with Crippen LogP contribution in [0.4, 0.5) is 0 Å². The molecule has 0 heterocycles. The Balaban J connectivity index is 3.25. The molecule has 0 saturated carbocycles. The Morgan fingerprint density at radius 2 is 1.77 bits per heavy atom. The topological polar surface area (TPSA) is 26.0 Å². The summed E-state index contributed by atoms with van der Waals surface area (Å²) in [4.78, 5) is 0. The van der Waals surface area contributed by atoms with Crippen LogP contribution in [0, 0.1) is 0 Å². The first kappa shape index (κ1) is 12.4. The van der Waals surface area contributed by atoms with Crippen molar-refractivity contribution in [1.29, 1.82) is 0 Å². The number of unbranched alkanes of at least 4 members (excludes halogenated alkanes) is 4. The predicted octanol–water partition coefficient (Wildman–Crippen LogP) is 3.42. The van der Waals surface area contributed by atoms with E-state index in [9.17, 15) is 0 Å². The summed E-state index contributed by atoms with van der Waals surface area (Å²) in [5.41, 5.74) is 5.75.